The van der Waals surface area contributed by atoms with Gasteiger partial charge in [0.05, 0.1) is 0 Å². The maximum Gasteiger partial charge on any atom is 0.131 e. The van der Waals surface area contributed by atoms with Gasteiger partial charge in [-0.2, -0.15) is 0 Å². The van der Waals surface area contributed by atoms with Crippen molar-refractivity contribution >= 4 is 26.4 Å². The molecule has 2 rings (SSSR count). The molecule has 0 spiro atoms. The zero-order valence-corrected chi connectivity index (χ0v) is 15.1. The zero-order chi connectivity index (χ0) is 17.0. The molecule has 5 heteroatoms. The number of anilines is 2. The highest BCUT2D eigenvalue weighted by Crippen LogP contribution is 2.44. The molecule has 23 heavy (non-hydrogen) atoms. The fourth-order valence-corrected chi connectivity index (χ4v) is 3.56. The Hall–Kier alpha value is -1.54. The summed E-state index contributed by atoms with van der Waals surface area (Å²) in [6, 6.07) is 5.26. The number of benzene rings is 1. The summed E-state index contributed by atoms with van der Waals surface area (Å²) in [5, 5.41) is 0. The minimum atomic E-state index is 0.229. The first-order valence-corrected chi connectivity index (χ1v) is 8.96. The van der Waals surface area contributed by atoms with Crippen molar-refractivity contribution in [1.82, 2.24) is 0 Å². The van der Waals surface area contributed by atoms with Crippen molar-refractivity contribution in [3.63, 3.8) is 0 Å². The van der Waals surface area contributed by atoms with Gasteiger partial charge in [0.25, 0.3) is 0 Å². The van der Waals surface area contributed by atoms with Crippen LogP contribution in [0, 0.1) is 11.8 Å². The number of allylic oxidation sites excluding steroid dienone is 2. The Balaban J connectivity index is 2.28. The molecule has 2 unspecified atom stereocenters. The fraction of sp³-hybridized carbons (Fsp3) is 0.500. The van der Waals surface area contributed by atoms with E-state index in [1.165, 1.54) is 18.4 Å². The summed E-state index contributed by atoms with van der Waals surface area (Å²) in [7, 11) is 2.76. The number of ketones is 1. The van der Waals surface area contributed by atoms with Crippen LogP contribution in [0.4, 0.5) is 11.4 Å². The van der Waals surface area contributed by atoms with Crippen LogP contribution in [0.1, 0.15) is 39.5 Å². The Kier molecular flexibility index (Phi) is 6.06. The van der Waals surface area contributed by atoms with E-state index in [1.54, 1.807) is 25.1 Å². The third-order valence-corrected chi connectivity index (χ3v) is 4.47. The Morgan fingerprint density at radius 1 is 1.26 bits per heavy atom. The van der Waals surface area contributed by atoms with E-state index in [2.05, 4.69) is 9.24 Å². The van der Waals surface area contributed by atoms with Crippen molar-refractivity contribution in [2.24, 2.45) is 11.8 Å². The molecule has 0 saturated heterocycles. The maximum absolute atomic E-state index is 11.6. The molecule has 1 aliphatic rings. The van der Waals surface area contributed by atoms with E-state index in [0.717, 1.165) is 18.3 Å². The number of Topliss-reactive ketones (excluding diaryl/α,β-unsaturated/α-hetero) is 1. The number of hydrogen-bond acceptors (Lipinski definition) is 4. The standard InChI is InChI=1S/C18H27N2O2P/c1-11(21)7-14(5-6-23)18(13-3-4-13)12(2)22-17-9-15(19)8-16(20)10-17/h8-10,13-14H,3-7,19-20,23H2,1-2H3/b18-12+. The van der Waals surface area contributed by atoms with Gasteiger partial charge in [0.2, 0.25) is 0 Å². The predicted molar refractivity (Wildman–Crippen MR) is 99.3 cm³/mol. The first-order valence-electron chi connectivity index (χ1n) is 8.14. The Morgan fingerprint density at radius 3 is 2.35 bits per heavy atom. The highest BCUT2D eigenvalue weighted by molar-refractivity contribution is 7.16. The summed E-state index contributed by atoms with van der Waals surface area (Å²) >= 11 is 0. The van der Waals surface area contributed by atoms with E-state index in [-0.39, 0.29) is 11.7 Å². The summed E-state index contributed by atoms with van der Waals surface area (Å²) in [6.45, 7) is 3.65. The second-order valence-corrected chi connectivity index (χ2v) is 6.98. The predicted octanol–water partition coefficient (Wildman–Crippen LogP) is 3.77. The van der Waals surface area contributed by atoms with E-state index in [4.69, 9.17) is 16.2 Å². The normalized spacial score (nSPS) is 16.7. The highest BCUT2D eigenvalue weighted by Gasteiger charge is 2.33. The van der Waals surface area contributed by atoms with Crippen molar-refractivity contribution in [1.29, 1.82) is 0 Å². The molecule has 0 bridgehead atoms. The van der Waals surface area contributed by atoms with Crippen LogP contribution in [-0.2, 0) is 4.79 Å². The van der Waals surface area contributed by atoms with Gasteiger partial charge in [-0.3, -0.25) is 0 Å². The minimum absolute atomic E-state index is 0.229. The molecule has 1 aromatic rings. The summed E-state index contributed by atoms with van der Waals surface area (Å²) in [5.74, 6) is 2.59. The SMILES string of the molecule is CC(=O)CC(CCP)/C(=C(\C)Oc1cc(N)cc(N)c1)C1CC1. The second kappa shape index (κ2) is 7.83. The van der Waals surface area contributed by atoms with E-state index in [1.807, 2.05) is 6.92 Å². The van der Waals surface area contributed by atoms with Gasteiger partial charge >= 0.3 is 0 Å². The number of nitrogens with two attached hydrogens (primary N) is 2. The van der Waals surface area contributed by atoms with Gasteiger partial charge in [0.15, 0.2) is 0 Å². The number of ether oxygens (including phenoxy) is 1. The molecule has 4 N–H and O–H groups in total. The Bertz CT molecular complexity index is 589. The van der Waals surface area contributed by atoms with Gasteiger partial charge in [-0.25, -0.2) is 0 Å². The fourth-order valence-electron chi connectivity index (χ4n) is 3.16. The summed E-state index contributed by atoms with van der Waals surface area (Å²) in [5.41, 5.74) is 14.1. The molecule has 0 amide bonds. The summed E-state index contributed by atoms with van der Waals surface area (Å²) in [4.78, 5) is 11.6. The molecular weight excluding hydrogens is 307 g/mol. The number of nitrogen functional groups attached to an aromatic ring is 2. The first kappa shape index (κ1) is 17.8. The van der Waals surface area contributed by atoms with Crippen LogP contribution in [0.5, 0.6) is 5.75 Å². The second-order valence-electron chi connectivity index (χ2n) is 6.40. The molecule has 0 radical (unpaired) electrons. The van der Waals surface area contributed by atoms with Crippen molar-refractivity contribution < 1.29 is 9.53 Å². The monoisotopic (exact) mass is 334 g/mol. The lowest BCUT2D eigenvalue weighted by Gasteiger charge is -2.22. The largest absolute Gasteiger partial charge is 0.462 e. The van der Waals surface area contributed by atoms with E-state index >= 15 is 0 Å². The molecule has 1 aliphatic carbocycles. The van der Waals surface area contributed by atoms with Crippen LogP contribution in [0.15, 0.2) is 29.5 Å². The first-order chi connectivity index (χ1) is 10.9. The number of carbonyl (C=O) groups excluding carboxylic acids is 1. The lowest BCUT2D eigenvalue weighted by Crippen LogP contribution is -2.15. The zero-order valence-electron chi connectivity index (χ0n) is 14.0. The van der Waals surface area contributed by atoms with Gasteiger partial charge in [-0.1, -0.05) is 0 Å². The maximum atomic E-state index is 11.6. The van der Waals surface area contributed by atoms with Gasteiger partial charge in [-0.15, -0.1) is 9.24 Å². The van der Waals surface area contributed by atoms with Crippen LogP contribution in [0.3, 0.4) is 0 Å². The average molecular weight is 334 g/mol. The molecule has 4 nitrogen and oxygen atoms in total. The van der Waals surface area contributed by atoms with E-state index < -0.39 is 0 Å². The molecule has 0 aromatic heterocycles. The van der Waals surface area contributed by atoms with Crippen LogP contribution in [-0.4, -0.2) is 11.9 Å². The Labute approximate surface area is 140 Å². The third kappa shape index (κ3) is 5.24. The van der Waals surface area contributed by atoms with Gasteiger partial charge in [0.1, 0.15) is 17.3 Å². The third-order valence-electron chi connectivity index (χ3n) is 4.13. The van der Waals surface area contributed by atoms with Gasteiger partial charge in [0, 0.05) is 29.9 Å². The number of rotatable bonds is 8. The number of hydrogen-bond donors (Lipinski definition) is 2. The average Bonchev–Trinajstić information content (AvgIpc) is 3.21. The van der Waals surface area contributed by atoms with E-state index in [9.17, 15) is 4.79 Å². The molecule has 1 saturated carbocycles. The van der Waals surface area contributed by atoms with Crippen LogP contribution >= 0.6 is 9.24 Å². The Morgan fingerprint density at radius 2 is 1.87 bits per heavy atom. The molecule has 0 aliphatic heterocycles. The summed E-state index contributed by atoms with van der Waals surface area (Å²) < 4.78 is 6.05. The van der Waals surface area contributed by atoms with E-state index in [0.29, 0.717) is 29.5 Å². The number of carbonyl (C=O) groups is 1. The molecule has 1 fully saturated rings. The molecular formula is C18H27N2O2P. The van der Waals surface area contributed by atoms with Crippen molar-refractivity contribution in [3.05, 3.63) is 29.5 Å². The molecule has 1 aromatic carbocycles. The lowest BCUT2D eigenvalue weighted by atomic mass is 9.87. The quantitative estimate of drug-likeness (QED) is 0.431. The van der Waals surface area contributed by atoms with Crippen molar-refractivity contribution in [3.8, 4) is 5.75 Å². The van der Waals surface area contributed by atoms with Gasteiger partial charge in [-0.05, 0) is 62.7 Å². The smallest absolute Gasteiger partial charge is 0.131 e. The van der Waals surface area contributed by atoms with Crippen molar-refractivity contribution in [2.75, 3.05) is 17.6 Å². The molecule has 126 valence electrons. The molecule has 2 atom stereocenters. The minimum Gasteiger partial charge on any atom is -0.462 e. The van der Waals surface area contributed by atoms with Crippen LogP contribution in [0.25, 0.3) is 0 Å². The topological polar surface area (TPSA) is 78.3 Å². The van der Waals surface area contributed by atoms with Gasteiger partial charge < -0.3 is 21.0 Å². The molecule has 0 heterocycles. The van der Waals surface area contributed by atoms with Crippen LogP contribution in [0.2, 0.25) is 0 Å². The lowest BCUT2D eigenvalue weighted by molar-refractivity contribution is -0.117. The highest BCUT2D eigenvalue weighted by atomic mass is 31.0. The summed E-state index contributed by atoms with van der Waals surface area (Å²) in [6.07, 6.45) is 4.91. The van der Waals surface area contributed by atoms with Crippen LogP contribution < -0.4 is 16.2 Å². The van der Waals surface area contributed by atoms with Crippen molar-refractivity contribution in [2.45, 2.75) is 39.5 Å².